The van der Waals surface area contributed by atoms with Crippen LogP contribution in [0.2, 0.25) is 5.02 Å². The van der Waals surface area contributed by atoms with Crippen LogP contribution in [0.25, 0.3) is 0 Å². The zero-order chi connectivity index (χ0) is 13.4. The van der Waals surface area contributed by atoms with Gasteiger partial charge < -0.3 is 4.74 Å². The van der Waals surface area contributed by atoms with E-state index in [0.29, 0.717) is 22.8 Å². The minimum absolute atomic E-state index is 0.120. The molecule has 0 aliphatic carbocycles. The molecule has 1 aliphatic rings. The Morgan fingerprint density at radius 1 is 1.21 bits per heavy atom. The highest BCUT2D eigenvalue weighted by molar-refractivity contribution is 6.33. The Kier molecular flexibility index (Phi) is 3.07. The van der Waals surface area contributed by atoms with Gasteiger partial charge in [-0.25, -0.2) is 0 Å². The van der Waals surface area contributed by atoms with Crippen LogP contribution in [-0.2, 0) is 0 Å². The summed E-state index contributed by atoms with van der Waals surface area (Å²) in [4.78, 5) is 12.2. The lowest BCUT2D eigenvalue weighted by Crippen LogP contribution is -2.22. The van der Waals surface area contributed by atoms with Crippen molar-refractivity contribution >= 4 is 30.7 Å². The van der Waals surface area contributed by atoms with Crippen LogP contribution in [0.3, 0.4) is 0 Å². The fraction of sp³-hybridized carbons (Fsp3) is 0.133. The monoisotopic (exact) mass is 270 g/mol. The number of ketones is 1. The number of carbonyl (C=O) groups is 1. The summed E-state index contributed by atoms with van der Waals surface area (Å²) in [5.74, 6) is 0.779. The molecule has 4 heteroatoms. The molecule has 1 heterocycles. The summed E-state index contributed by atoms with van der Waals surface area (Å²) in [6.45, 7) is 0. The summed E-state index contributed by atoms with van der Waals surface area (Å²) in [5.41, 5.74) is 2.68. The Hall–Kier alpha value is -1.74. The number of carbonyl (C=O) groups excluding carboxylic acids is 1. The van der Waals surface area contributed by atoms with Crippen LogP contribution in [0.4, 0.5) is 0 Å². The molecule has 0 aromatic heterocycles. The van der Waals surface area contributed by atoms with Gasteiger partial charge in [0, 0.05) is 5.02 Å². The standard InChI is InChI=1S/C15H12BClO2/c16-10-4-5-14-12(7-10)13(18)8-15(19-14)9-2-1-3-11(17)6-9/h1-7,15H,8,16H2. The maximum absolute atomic E-state index is 12.2. The third-order valence-electron chi connectivity index (χ3n) is 3.30. The van der Waals surface area contributed by atoms with Gasteiger partial charge in [0.15, 0.2) is 5.78 Å². The topological polar surface area (TPSA) is 26.3 Å². The first-order valence-corrected chi connectivity index (χ1v) is 6.57. The van der Waals surface area contributed by atoms with E-state index in [4.69, 9.17) is 16.3 Å². The Bertz CT molecular complexity index is 654. The van der Waals surface area contributed by atoms with E-state index in [-0.39, 0.29) is 11.9 Å². The lowest BCUT2D eigenvalue weighted by atomic mass is 9.89. The Morgan fingerprint density at radius 3 is 2.84 bits per heavy atom. The van der Waals surface area contributed by atoms with Gasteiger partial charge >= 0.3 is 0 Å². The molecule has 0 bridgehead atoms. The zero-order valence-electron chi connectivity index (χ0n) is 10.5. The minimum Gasteiger partial charge on any atom is -0.484 e. The molecule has 0 radical (unpaired) electrons. The number of ether oxygens (including phenoxy) is 1. The van der Waals surface area contributed by atoms with Crippen molar-refractivity contribution < 1.29 is 9.53 Å². The highest BCUT2D eigenvalue weighted by atomic mass is 35.5. The number of benzene rings is 2. The highest BCUT2D eigenvalue weighted by Gasteiger charge is 2.27. The summed E-state index contributed by atoms with van der Waals surface area (Å²) in [5, 5.41) is 0.656. The van der Waals surface area contributed by atoms with Gasteiger partial charge in [0.2, 0.25) is 0 Å². The molecule has 2 aromatic carbocycles. The van der Waals surface area contributed by atoms with Gasteiger partial charge in [0.05, 0.1) is 12.0 Å². The first kappa shape index (κ1) is 12.3. The Balaban J connectivity index is 1.97. The van der Waals surface area contributed by atoms with Crippen LogP contribution in [0.5, 0.6) is 5.75 Å². The summed E-state index contributed by atoms with van der Waals surface area (Å²) < 4.78 is 5.92. The van der Waals surface area contributed by atoms with E-state index in [1.165, 1.54) is 0 Å². The minimum atomic E-state index is -0.249. The van der Waals surface area contributed by atoms with Gasteiger partial charge in [0.1, 0.15) is 19.7 Å². The van der Waals surface area contributed by atoms with E-state index < -0.39 is 0 Å². The summed E-state index contributed by atoms with van der Waals surface area (Å²) >= 11 is 5.98. The van der Waals surface area contributed by atoms with Crippen LogP contribution in [0.1, 0.15) is 28.4 Å². The van der Waals surface area contributed by atoms with Crippen LogP contribution in [-0.4, -0.2) is 13.6 Å². The molecular formula is C15H12BClO2. The van der Waals surface area contributed by atoms with Gasteiger partial charge in [-0.1, -0.05) is 41.3 Å². The molecule has 3 rings (SSSR count). The van der Waals surface area contributed by atoms with Gasteiger partial charge in [0.25, 0.3) is 0 Å². The molecule has 0 saturated heterocycles. The van der Waals surface area contributed by atoms with Crippen LogP contribution in [0, 0.1) is 0 Å². The quantitative estimate of drug-likeness (QED) is 0.743. The predicted octanol–water partition coefficient (Wildman–Crippen LogP) is 2.30. The Labute approximate surface area is 117 Å². The lowest BCUT2D eigenvalue weighted by molar-refractivity contribution is 0.0850. The average molecular weight is 271 g/mol. The SMILES string of the molecule is Bc1ccc2c(c1)C(=O)CC(c1cccc(Cl)c1)O2. The van der Waals surface area contributed by atoms with Crippen LogP contribution >= 0.6 is 11.6 Å². The molecule has 19 heavy (non-hydrogen) atoms. The van der Waals surface area contributed by atoms with Crippen molar-refractivity contribution in [2.24, 2.45) is 0 Å². The summed E-state index contributed by atoms with van der Waals surface area (Å²) in [6.07, 6.45) is 0.109. The molecular weight excluding hydrogens is 258 g/mol. The van der Waals surface area contributed by atoms with E-state index in [1.54, 1.807) is 0 Å². The molecule has 1 aliphatic heterocycles. The highest BCUT2D eigenvalue weighted by Crippen LogP contribution is 2.34. The molecule has 2 nitrogen and oxygen atoms in total. The molecule has 94 valence electrons. The van der Waals surface area contributed by atoms with E-state index in [2.05, 4.69) is 0 Å². The summed E-state index contributed by atoms with van der Waals surface area (Å²) in [6, 6.07) is 13.2. The fourth-order valence-electron chi connectivity index (χ4n) is 2.33. The molecule has 1 atom stereocenters. The number of fused-ring (bicyclic) bond motifs is 1. The number of halogens is 1. The van der Waals surface area contributed by atoms with Crippen LogP contribution in [0.15, 0.2) is 42.5 Å². The third kappa shape index (κ3) is 2.38. The van der Waals surface area contributed by atoms with Crippen molar-refractivity contribution in [1.82, 2.24) is 0 Å². The number of Topliss-reactive ketones (excluding diaryl/α,β-unsaturated/α-hetero) is 1. The summed E-state index contributed by atoms with van der Waals surface area (Å²) in [7, 11) is 1.97. The second kappa shape index (κ2) is 4.74. The van der Waals surface area contributed by atoms with Crippen molar-refractivity contribution in [3.8, 4) is 5.75 Å². The molecule has 1 unspecified atom stereocenters. The van der Waals surface area contributed by atoms with Crippen molar-refractivity contribution in [2.75, 3.05) is 0 Å². The van der Waals surface area contributed by atoms with Crippen molar-refractivity contribution in [3.63, 3.8) is 0 Å². The molecule has 0 spiro atoms. The first-order valence-electron chi connectivity index (χ1n) is 6.19. The molecule has 2 aromatic rings. The second-order valence-corrected chi connectivity index (χ2v) is 5.22. The van der Waals surface area contributed by atoms with E-state index >= 15 is 0 Å². The smallest absolute Gasteiger partial charge is 0.170 e. The second-order valence-electron chi connectivity index (χ2n) is 4.79. The Morgan fingerprint density at radius 2 is 2.05 bits per heavy atom. The number of rotatable bonds is 1. The van der Waals surface area contributed by atoms with E-state index in [1.807, 2.05) is 50.3 Å². The predicted molar refractivity (Wildman–Crippen MR) is 78.4 cm³/mol. The van der Waals surface area contributed by atoms with E-state index in [9.17, 15) is 4.79 Å². The van der Waals surface area contributed by atoms with Crippen molar-refractivity contribution in [1.29, 1.82) is 0 Å². The maximum atomic E-state index is 12.2. The van der Waals surface area contributed by atoms with Gasteiger partial charge in [-0.05, 0) is 23.8 Å². The fourth-order valence-corrected chi connectivity index (χ4v) is 2.53. The molecule has 0 saturated carbocycles. The van der Waals surface area contributed by atoms with Crippen molar-refractivity contribution in [2.45, 2.75) is 12.5 Å². The first-order chi connectivity index (χ1) is 9.13. The molecule has 0 N–H and O–H groups in total. The van der Waals surface area contributed by atoms with E-state index in [0.717, 1.165) is 11.0 Å². The lowest BCUT2D eigenvalue weighted by Gasteiger charge is -2.26. The third-order valence-corrected chi connectivity index (χ3v) is 3.53. The zero-order valence-corrected chi connectivity index (χ0v) is 11.3. The normalized spacial score (nSPS) is 17.7. The maximum Gasteiger partial charge on any atom is 0.170 e. The average Bonchev–Trinajstić information content (AvgIpc) is 2.39. The van der Waals surface area contributed by atoms with Gasteiger partial charge in [-0.15, -0.1) is 0 Å². The number of hydrogen-bond acceptors (Lipinski definition) is 2. The number of hydrogen-bond donors (Lipinski definition) is 0. The molecule has 0 amide bonds. The molecule has 0 fully saturated rings. The van der Waals surface area contributed by atoms with Gasteiger partial charge in [-0.2, -0.15) is 0 Å². The van der Waals surface area contributed by atoms with Crippen molar-refractivity contribution in [3.05, 3.63) is 58.6 Å². The van der Waals surface area contributed by atoms with Gasteiger partial charge in [-0.3, -0.25) is 4.79 Å². The van der Waals surface area contributed by atoms with Crippen LogP contribution < -0.4 is 10.2 Å². The largest absolute Gasteiger partial charge is 0.484 e.